The Kier molecular flexibility index (Phi) is 6.92. The van der Waals surface area contributed by atoms with E-state index in [-0.39, 0.29) is 5.41 Å². The van der Waals surface area contributed by atoms with E-state index >= 15 is 0 Å². The van der Waals surface area contributed by atoms with Crippen LogP contribution in [0.3, 0.4) is 0 Å². The summed E-state index contributed by atoms with van der Waals surface area (Å²) in [5.74, 6) is 0. The maximum atomic E-state index is 4.52. The molecule has 0 saturated carbocycles. The van der Waals surface area contributed by atoms with Crippen molar-refractivity contribution in [3.8, 4) is 0 Å². The molecule has 0 atom stereocenters. The maximum absolute atomic E-state index is 4.52. The minimum absolute atomic E-state index is 0.288. The highest BCUT2D eigenvalue weighted by molar-refractivity contribution is 7.15. The first-order valence-electron chi connectivity index (χ1n) is 7.43. The van der Waals surface area contributed by atoms with Crippen molar-refractivity contribution in [2.75, 3.05) is 45.2 Å². The number of hydrogen-bond acceptors (Lipinski definition) is 5. The molecule has 1 heterocycles. The van der Waals surface area contributed by atoms with E-state index in [1.54, 1.807) is 11.3 Å². The Morgan fingerprint density at radius 1 is 1.25 bits per heavy atom. The zero-order valence-corrected chi connectivity index (χ0v) is 14.7. The molecule has 0 aliphatic rings. The minimum Gasteiger partial charge on any atom is -0.349 e. The van der Waals surface area contributed by atoms with Crippen molar-refractivity contribution in [3.63, 3.8) is 0 Å². The molecule has 0 saturated heterocycles. The Hall–Kier alpha value is -0.650. The molecule has 5 heteroatoms. The van der Waals surface area contributed by atoms with Gasteiger partial charge in [0.1, 0.15) is 0 Å². The molecule has 0 spiro atoms. The molecule has 0 aliphatic heterocycles. The van der Waals surface area contributed by atoms with Crippen LogP contribution in [0.1, 0.15) is 32.6 Å². The molecule has 116 valence electrons. The normalized spacial score (nSPS) is 12.2. The predicted octanol–water partition coefficient (Wildman–Crippen LogP) is 2.67. The Bertz CT molecular complexity index is 383. The molecule has 0 bridgehead atoms. The first-order chi connectivity index (χ1) is 9.38. The second kappa shape index (κ2) is 7.96. The van der Waals surface area contributed by atoms with Crippen LogP contribution in [0, 0.1) is 5.41 Å². The highest BCUT2D eigenvalue weighted by Gasteiger charge is 2.18. The van der Waals surface area contributed by atoms with Crippen LogP contribution in [0.5, 0.6) is 0 Å². The molecule has 0 aliphatic carbocycles. The largest absolute Gasteiger partial charge is 0.349 e. The predicted molar refractivity (Wildman–Crippen MR) is 89.7 cm³/mol. The Labute approximate surface area is 128 Å². The van der Waals surface area contributed by atoms with Crippen LogP contribution in [0.25, 0.3) is 0 Å². The lowest BCUT2D eigenvalue weighted by Gasteiger charge is -2.28. The van der Waals surface area contributed by atoms with E-state index in [0.29, 0.717) is 0 Å². The summed E-state index contributed by atoms with van der Waals surface area (Å²) in [6.45, 7) is 14.0. The highest BCUT2D eigenvalue weighted by atomic mass is 32.1. The van der Waals surface area contributed by atoms with Gasteiger partial charge in [0.2, 0.25) is 0 Å². The first-order valence-corrected chi connectivity index (χ1v) is 8.24. The van der Waals surface area contributed by atoms with Crippen LogP contribution >= 0.6 is 11.3 Å². The van der Waals surface area contributed by atoms with Crippen molar-refractivity contribution in [2.24, 2.45) is 5.41 Å². The fraction of sp³-hybridized carbons (Fsp3) is 0.800. The van der Waals surface area contributed by atoms with Gasteiger partial charge in [-0.15, -0.1) is 11.3 Å². The van der Waals surface area contributed by atoms with Gasteiger partial charge in [-0.05, 0) is 33.4 Å². The summed E-state index contributed by atoms with van der Waals surface area (Å²) in [7, 11) is 4.25. The lowest BCUT2D eigenvalue weighted by atomic mass is 9.93. The van der Waals surface area contributed by atoms with Gasteiger partial charge in [-0.1, -0.05) is 13.8 Å². The minimum atomic E-state index is 0.288. The van der Waals surface area contributed by atoms with Crippen LogP contribution in [-0.4, -0.2) is 50.2 Å². The smallest absolute Gasteiger partial charge is 0.185 e. The van der Waals surface area contributed by atoms with Gasteiger partial charge in [0.25, 0.3) is 0 Å². The molecule has 0 unspecified atom stereocenters. The van der Waals surface area contributed by atoms with Crippen LogP contribution in [0.4, 0.5) is 5.13 Å². The topological polar surface area (TPSA) is 31.4 Å². The van der Waals surface area contributed by atoms with Crippen LogP contribution in [0.2, 0.25) is 0 Å². The van der Waals surface area contributed by atoms with Gasteiger partial charge < -0.3 is 15.1 Å². The van der Waals surface area contributed by atoms with E-state index in [4.69, 9.17) is 0 Å². The number of nitrogens with one attached hydrogen (secondary N) is 1. The third kappa shape index (κ3) is 5.77. The van der Waals surface area contributed by atoms with Gasteiger partial charge in [-0.25, -0.2) is 4.98 Å². The van der Waals surface area contributed by atoms with Gasteiger partial charge in [-0.2, -0.15) is 0 Å². The van der Waals surface area contributed by atoms with Crippen molar-refractivity contribution < 1.29 is 0 Å². The zero-order valence-electron chi connectivity index (χ0n) is 13.9. The lowest BCUT2D eigenvalue weighted by molar-refractivity contribution is 0.232. The van der Waals surface area contributed by atoms with Crippen molar-refractivity contribution >= 4 is 16.5 Å². The summed E-state index contributed by atoms with van der Waals surface area (Å²) in [6.07, 6.45) is 2.00. The molecule has 1 aromatic rings. The average Bonchev–Trinajstić information content (AvgIpc) is 2.77. The maximum Gasteiger partial charge on any atom is 0.185 e. The van der Waals surface area contributed by atoms with Crippen LogP contribution < -0.4 is 10.2 Å². The van der Waals surface area contributed by atoms with Gasteiger partial charge in [0.05, 0.1) is 0 Å². The third-order valence-corrected chi connectivity index (χ3v) is 4.28. The molecule has 0 aromatic carbocycles. The third-order valence-electron chi connectivity index (χ3n) is 3.22. The highest BCUT2D eigenvalue weighted by Crippen LogP contribution is 2.22. The number of aromatic nitrogens is 1. The summed E-state index contributed by atoms with van der Waals surface area (Å²) < 4.78 is 0. The molecule has 0 amide bonds. The van der Waals surface area contributed by atoms with E-state index in [2.05, 4.69) is 61.9 Å². The number of anilines is 1. The number of thiazole rings is 1. The van der Waals surface area contributed by atoms with Crippen LogP contribution in [-0.2, 0) is 6.54 Å². The molecule has 0 fully saturated rings. The van der Waals surface area contributed by atoms with Crippen LogP contribution in [0.15, 0.2) is 6.20 Å². The van der Waals surface area contributed by atoms with Gasteiger partial charge in [0.15, 0.2) is 5.13 Å². The van der Waals surface area contributed by atoms with Crippen molar-refractivity contribution in [3.05, 3.63) is 11.1 Å². The summed E-state index contributed by atoms with van der Waals surface area (Å²) in [5.41, 5.74) is 0.288. The second-order valence-electron chi connectivity index (χ2n) is 6.29. The standard InChI is InChI=1S/C15H30N4S/c1-7-19(8-2)14-17-10-13(20-14)9-16-11-15(3,4)12-18(5)6/h10,16H,7-9,11-12H2,1-6H3. The van der Waals surface area contributed by atoms with E-state index < -0.39 is 0 Å². The molecule has 1 aromatic heterocycles. The summed E-state index contributed by atoms with van der Waals surface area (Å²) in [4.78, 5) is 10.4. The number of rotatable bonds is 9. The first kappa shape index (κ1) is 17.4. The molecule has 0 radical (unpaired) electrons. The van der Waals surface area contributed by atoms with Gasteiger partial charge in [0, 0.05) is 43.8 Å². The molecule has 1 N–H and O–H groups in total. The van der Waals surface area contributed by atoms with E-state index in [1.165, 1.54) is 4.88 Å². The Morgan fingerprint density at radius 3 is 2.45 bits per heavy atom. The van der Waals surface area contributed by atoms with Crippen molar-refractivity contribution in [2.45, 2.75) is 34.2 Å². The van der Waals surface area contributed by atoms with E-state index in [1.807, 2.05) is 6.20 Å². The molecule has 4 nitrogen and oxygen atoms in total. The van der Waals surface area contributed by atoms with Gasteiger partial charge in [-0.3, -0.25) is 0 Å². The zero-order chi connectivity index (χ0) is 15.2. The van der Waals surface area contributed by atoms with E-state index in [9.17, 15) is 0 Å². The van der Waals surface area contributed by atoms with Gasteiger partial charge >= 0.3 is 0 Å². The molecule has 1 rings (SSSR count). The molecule has 20 heavy (non-hydrogen) atoms. The number of nitrogens with zero attached hydrogens (tertiary/aromatic N) is 3. The van der Waals surface area contributed by atoms with E-state index in [0.717, 1.165) is 37.9 Å². The quantitative estimate of drug-likeness (QED) is 0.759. The summed E-state index contributed by atoms with van der Waals surface area (Å²) >= 11 is 1.80. The SMILES string of the molecule is CCN(CC)c1ncc(CNCC(C)(C)CN(C)C)s1. The Morgan fingerprint density at radius 2 is 1.90 bits per heavy atom. The van der Waals surface area contributed by atoms with Crippen molar-refractivity contribution in [1.29, 1.82) is 0 Å². The number of hydrogen-bond donors (Lipinski definition) is 1. The molecular formula is C15H30N4S. The van der Waals surface area contributed by atoms with Crippen molar-refractivity contribution in [1.82, 2.24) is 15.2 Å². The average molecular weight is 298 g/mol. The fourth-order valence-corrected chi connectivity index (χ4v) is 3.46. The molecular weight excluding hydrogens is 268 g/mol. The fourth-order valence-electron chi connectivity index (χ4n) is 2.46. The lowest BCUT2D eigenvalue weighted by Crippen LogP contribution is -2.37. The second-order valence-corrected chi connectivity index (χ2v) is 7.38. The Balaban J connectivity index is 2.43. The summed E-state index contributed by atoms with van der Waals surface area (Å²) in [6, 6.07) is 0. The summed E-state index contributed by atoms with van der Waals surface area (Å²) in [5, 5.41) is 4.70. The monoisotopic (exact) mass is 298 g/mol.